The first-order valence-corrected chi connectivity index (χ1v) is 9.28. The molecule has 1 heterocycles. The lowest BCUT2D eigenvalue weighted by molar-refractivity contribution is -0.121. The maximum absolute atomic E-state index is 11.7. The number of nitrogens with one attached hydrogen (secondary N) is 1. The van der Waals surface area contributed by atoms with Crippen molar-refractivity contribution in [1.82, 2.24) is 9.99 Å². The lowest BCUT2D eigenvalue weighted by Gasteiger charge is -2.13. The van der Waals surface area contributed by atoms with E-state index in [4.69, 9.17) is 0 Å². The predicted molar refractivity (Wildman–Crippen MR) is 108 cm³/mol. The molecule has 1 N–H and O–H groups in total. The Morgan fingerprint density at radius 1 is 1.24 bits per heavy atom. The molecule has 0 saturated carbocycles. The third-order valence-corrected chi connectivity index (χ3v) is 5.20. The molecule has 0 radical (unpaired) electrons. The van der Waals surface area contributed by atoms with Crippen LogP contribution in [0.2, 0.25) is 0 Å². The molecule has 0 fully saturated rings. The average Bonchev–Trinajstić information content (AvgIpc) is 2.73. The van der Waals surface area contributed by atoms with Crippen molar-refractivity contribution in [3.05, 3.63) is 50.8 Å². The van der Waals surface area contributed by atoms with Crippen LogP contribution in [0.4, 0.5) is 0 Å². The van der Waals surface area contributed by atoms with E-state index >= 15 is 0 Å². The Hall–Kier alpha value is -1.88. The summed E-state index contributed by atoms with van der Waals surface area (Å²) in [6.45, 7) is 12.4. The number of halogens is 1. The molecule has 2 rings (SSSR count). The summed E-state index contributed by atoms with van der Waals surface area (Å²) in [6, 6.07) is 6.44. The molecular formula is C20H26BrN3O. The van der Waals surface area contributed by atoms with Crippen LogP contribution in [-0.2, 0) is 4.79 Å². The van der Waals surface area contributed by atoms with Crippen LogP contribution in [0.1, 0.15) is 48.3 Å². The minimum atomic E-state index is -0.0642. The zero-order valence-electron chi connectivity index (χ0n) is 15.8. The fraction of sp³-hybridized carbons (Fsp3) is 0.400. The summed E-state index contributed by atoms with van der Waals surface area (Å²) in [4.78, 5) is 11.7. The minimum Gasteiger partial charge on any atom is -0.316 e. The number of hydrogen-bond donors (Lipinski definition) is 1. The highest BCUT2D eigenvalue weighted by atomic mass is 79.9. The van der Waals surface area contributed by atoms with Crippen LogP contribution >= 0.6 is 15.9 Å². The van der Waals surface area contributed by atoms with Gasteiger partial charge in [0.1, 0.15) is 0 Å². The van der Waals surface area contributed by atoms with Crippen molar-refractivity contribution in [2.24, 2.45) is 11.0 Å². The topological polar surface area (TPSA) is 46.4 Å². The number of carbonyl (C=O) groups excluding carboxylic acids is 1. The summed E-state index contributed by atoms with van der Waals surface area (Å²) in [5.74, 6) is 0.252. The van der Waals surface area contributed by atoms with Gasteiger partial charge in [-0.3, -0.25) is 4.79 Å². The molecule has 0 saturated heterocycles. The Morgan fingerprint density at radius 2 is 1.92 bits per heavy atom. The molecule has 0 atom stereocenters. The van der Waals surface area contributed by atoms with E-state index in [9.17, 15) is 4.79 Å². The molecule has 0 aliphatic rings. The van der Waals surface area contributed by atoms with E-state index in [2.05, 4.69) is 76.9 Å². The van der Waals surface area contributed by atoms with Crippen molar-refractivity contribution in [2.45, 2.75) is 48.0 Å². The van der Waals surface area contributed by atoms with E-state index in [1.165, 1.54) is 16.8 Å². The standard InChI is InChI=1S/C20H26BrN3O/c1-12(2)9-19(25)23-22-11-17-15(5)24(16(6)20(17)21)18-10-13(3)7-8-14(18)4/h7-8,10-12H,9H2,1-6H3,(H,23,25)/b22-11-. The van der Waals surface area contributed by atoms with Crippen LogP contribution in [0.25, 0.3) is 5.69 Å². The zero-order valence-corrected chi connectivity index (χ0v) is 17.4. The second kappa shape index (κ2) is 8.00. The quantitative estimate of drug-likeness (QED) is 0.555. The van der Waals surface area contributed by atoms with Gasteiger partial charge in [0.25, 0.3) is 0 Å². The summed E-state index contributed by atoms with van der Waals surface area (Å²) in [7, 11) is 0. The second-order valence-electron chi connectivity index (χ2n) is 6.91. The molecule has 25 heavy (non-hydrogen) atoms. The number of hydrazone groups is 1. The van der Waals surface area contributed by atoms with Crippen molar-refractivity contribution in [3.63, 3.8) is 0 Å². The van der Waals surface area contributed by atoms with E-state index in [0.717, 1.165) is 21.4 Å². The van der Waals surface area contributed by atoms with Crippen LogP contribution in [-0.4, -0.2) is 16.7 Å². The third kappa shape index (κ3) is 4.40. The number of amides is 1. The summed E-state index contributed by atoms with van der Waals surface area (Å²) in [5.41, 5.74) is 9.38. The predicted octanol–water partition coefficient (Wildman–Crippen LogP) is 4.97. The van der Waals surface area contributed by atoms with Crippen molar-refractivity contribution in [2.75, 3.05) is 0 Å². The van der Waals surface area contributed by atoms with Gasteiger partial charge in [0, 0.05) is 33.5 Å². The van der Waals surface area contributed by atoms with Crippen molar-refractivity contribution < 1.29 is 4.79 Å². The van der Waals surface area contributed by atoms with Gasteiger partial charge in [-0.15, -0.1) is 0 Å². The molecule has 0 aliphatic heterocycles. The minimum absolute atomic E-state index is 0.0642. The van der Waals surface area contributed by atoms with Gasteiger partial charge in [-0.25, -0.2) is 5.43 Å². The highest BCUT2D eigenvalue weighted by Crippen LogP contribution is 2.31. The van der Waals surface area contributed by atoms with Crippen molar-refractivity contribution in [3.8, 4) is 5.69 Å². The number of rotatable bonds is 5. The van der Waals surface area contributed by atoms with Gasteiger partial charge < -0.3 is 4.57 Å². The van der Waals surface area contributed by atoms with Gasteiger partial charge in [-0.05, 0) is 66.7 Å². The highest BCUT2D eigenvalue weighted by Gasteiger charge is 2.17. The summed E-state index contributed by atoms with van der Waals surface area (Å²) in [6.07, 6.45) is 2.19. The van der Waals surface area contributed by atoms with Crippen LogP contribution in [0.3, 0.4) is 0 Å². The molecule has 134 valence electrons. The number of aryl methyl sites for hydroxylation is 2. The first-order valence-electron chi connectivity index (χ1n) is 8.49. The molecule has 5 heteroatoms. The number of benzene rings is 1. The Morgan fingerprint density at radius 3 is 2.56 bits per heavy atom. The maximum Gasteiger partial charge on any atom is 0.240 e. The summed E-state index contributed by atoms with van der Waals surface area (Å²) >= 11 is 3.67. The fourth-order valence-electron chi connectivity index (χ4n) is 2.88. The number of nitrogens with zero attached hydrogens (tertiary/aromatic N) is 2. The van der Waals surface area contributed by atoms with Crippen LogP contribution in [0.5, 0.6) is 0 Å². The largest absolute Gasteiger partial charge is 0.316 e. The smallest absolute Gasteiger partial charge is 0.240 e. The van der Waals surface area contributed by atoms with E-state index in [1.54, 1.807) is 6.21 Å². The number of hydrogen-bond acceptors (Lipinski definition) is 2. The van der Waals surface area contributed by atoms with Gasteiger partial charge >= 0.3 is 0 Å². The van der Waals surface area contributed by atoms with Gasteiger partial charge in [-0.2, -0.15) is 5.10 Å². The molecule has 2 aromatic rings. The first-order chi connectivity index (χ1) is 11.7. The average molecular weight is 404 g/mol. The normalized spacial score (nSPS) is 11.5. The Labute approximate surface area is 158 Å². The number of aromatic nitrogens is 1. The molecular weight excluding hydrogens is 378 g/mol. The Kier molecular flexibility index (Phi) is 6.22. The zero-order chi connectivity index (χ0) is 18.7. The molecule has 4 nitrogen and oxygen atoms in total. The first kappa shape index (κ1) is 19.4. The third-order valence-electron chi connectivity index (χ3n) is 4.20. The van der Waals surface area contributed by atoms with Crippen LogP contribution < -0.4 is 5.43 Å². The van der Waals surface area contributed by atoms with Gasteiger partial charge in [0.15, 0.2) is 0 Å². The van der Waals surface area contributed by atoms with E-state index in [-0.39, 0.29) is 5.91 Å². The monoisotopic (exact) mass is 403 g/mol. The maximum atomic E-state index is 11.7. The molecule has 0 unspecified atom stereocenters. The van der Waals surface area contributed by atoms with Crippen molar-refractivity contribution >= 4 is 28.1 Å². The lowest BCUT2D eigenvalue weighted by atomic mass is 10.1. The molecule has 1 aromatic carbocycles. The molecule has 0 aliphatic carbocycles. The van der Waals surface area contributed by atoms with Crippen LogP contribution in [0.15, 0.2) is 27.8 Å². The fourth-order valence-corrected chi connectivity index (χ4v) is 3.45. The Balaban J connectivity index is 2.36. The summed E-state index contributed by atoms with van der Waals surface area (Å²) in [5, 5.41) is 4.14. The Bertz CT molecular complexity index is 819. The molecule has 1 aromatic heterocycles. The molecule has 0 bridgehead atoms. The van der Waals surface area contributed by atoms with Gasteiger partial charge in [0.05, 0.1) is 6.21 Å². The van der Waals surface area contributed by atoms with Crippen molar-refractivity contribution in [1.29, 1.82) is 0 Å². The van der Waals surface area contributed by atoms with Crippen LogP contribution in [0, 0.1) is 33.6 Å². The highest BCUT2D eigenvalue weighted by molar-refractivity contribution is 9.10. The molecule has 1 amide bonds. The molecule has 0 spiro atoms. The van der Waals surface area contributed by atoms with E-state index < -0.39 is 0 Å². The van der Waals surface area contributed by atoms with Gasteiger partial charge in [0.2, 0.25) is 5.91 Å². The van der Waals surface area contributed by atoms with E-state index in [0.29, 0.717) is 12.3 Å². The summed E-state index contributed by atoms with van der Waals surface area (Å²) < 4.78 is 3.22. The van der Waals surface area contributed by atoms with Gasteiger partial charge in [-0.1, -0.05) is 26.0 Å². The lowest BCUT2D eigenvalue weighted by Crippen LogP contribution is -2.19. The SMILES string of the molecule is Cc1ccc(C)c(-n2c(C)c(Br)c(/C=N\NC(=O)CC(C)C)c2C)c1. The van der Waals surface area contributed by atoms with E-state index in [1.807, 2.05) is 13.8 Å². The number of carbonyl (C=O) groups is 1. The second-order valence-corrected chi connectivity index (χ2v) is 7.71.